The third-order valence-corrected chi connectivity index (χ3v) is 7.54. The first-order valence-corrected chi connectivity index (χ1v) is 10.9. The summed E-state index contributed by atoms with van der Waals surface area (Å²) >= 11 is 12.5. The summed E-state index contributed by atoms with van der Waals surface area (Å²) in [6.45, 7) is 4.02. The van der Waals surface area contributed by atoms with Gasteiger partial charge in [0.05, 0.1) is 12.1 Å². The summed E-state index contributed by atoms with van der Waals surface area (Å²) < 4.78 is 6.08. The maximum absolute atomic E-state index is 13.8. The Labute approximate surface area is 185 Å². The van der Waals surface area contributed by atoms with E-state index in [1.807, 2.05) is 38.1 Å². The van der Waals surface area contributed by atoms with Crippen LogP contribution in [0.4, 0.5) is 5.69 Å². The number of halogens is 2. The molecule has 0 bridgehead atoms. The fourth-order valence-corrected chi connectivity index (χ4v) is 6.00. The first kappa shape index (κ1) is 19.9. The molecule has 0 aliphatic carbocycles. The molecule has 1 spiro atoms. The lowest BCUT2D eigenvalue weighted by Crippen LogP contribution is -2.67. The summed E-state index contributed by atoms with van der Waals surface area (Å²) in [7, 11) is 0. The molecule has 3 aliphatic rings. The molecule has 0 aromatic heterocycles. The van der Waals surface area contributed by atoms with Crippen LogP contribution in [0.25, 0.3) is 0 Å². The molecule has 2 amide bonds. The van der Waals surface area contributed by atoms with Gasteiger partial charge in [-0.15, -0.1) is 0 Å². The summed E-state index contributed by atoms with van der Waals surface area (Å²) in [6.07, 6.45) is 0.798. The minimum atomic E-state index is -1.03. The molecule has 3 aliphatic heterocycles. The standard InChI is InChI=1S/C23H22Cl2N2O3/c1-3-22(12(2)30-22)20-23(16-8-7-15(25)10-18(16)26-21(23)29)17(11-19(28)27-20)13-5-4-6-14(24)9-13/h4-10,12,17,20H,3,11H2,1-2H3,(H,26,29)(H,27,28)/t12?,17-,20-,22?,23-/m0/s1. The van der Waals surface area contributed by atoms with Crippen LogP contribution in [-0.4, -0.2) is 29.6 Å². The van der Waals surface area contributed by atoms with E-state index >= 15 is 0 Å². The quantitative estimate of drug-likeness (QED) is 0.688. The van der Waals surface area contributed by atoms with Crippen molar-refractivity contribution in [2.75, 3.05) is 5.32 Å². The summed E-state index contributed by atoms with van der Waals surface area (Å²) in [4.78, 5) is 26.7. The van der Waals surface area contributed by atoms with E-state index in [1.54, 1.807) is 18.2 Å². The number of fused-ring (bicyclic) bond motifs is 2. The molecule has 2 unspecified atom stereocenters. The molecule has 2 aromatic rings. The van der Waals surface area contributed by atoms with Crippen LogP contribution in [0.5, 0.6) is 0 Å². The van der Waals surface area contributed by atoms with Crippen LogP contribution in [0.15, 0.2) is 42.5 Å². The number of hydrogen-bond acceptors (Lipinski definition) is 3. The largest absolute Gasteiger partial charge is 0.364 e. The van der Waals surface area contributed by atoms with Crippen LogP contribution >= 0.6 is 23.2 Å². The summed E-state index contributed by atoms with van der Waals surface area (Å²) in [5.74, 6) is -0.635. The average molecular weight is 445 g/mol. The van der Waals surface area contributed by atoms with Gasteiger partial charge in [-0.3, -0.25) is 9.59 Å². The van der Waals surface area contributed by atoms with Gasteiger partial charge >= 0.3 is 0 Å². The van der Waals surface area contributed by atoms with Gasteiger partial charge in [-0.1, -0.05) is 48.3 Å². The Morgan fingerprint density at radius 3 is 2.53 bits per heavy atom. The number of nitrogens with one attached hydrogen (secondary N) is 2. The number of piperidine rings is 1. The highest BCUT2D eigenvalue weighted by atomic mass is 35.5. The smallest absolute Gasteiger partial charge is 0.237 e. The average Bonchev–Trinajstić information content (AvgIpc) is 3.30. The van der Waals surface area contributed by atoms with Crippen molar-refractivity contribution in [2.45, 2.75) is 55.8 Å². The van der Waals surface area contributed by atoms with Crippen molar-refractivity contribution < 1.29 is 14.3 Å². The van der Waals surface area contributed by atoms with Gasteiger partial charge in [-0.25, -0.2) is 0 Å². The first-order chi connectivity index (χ1) is 14.3. The maximum Gasteiger partial charge on any atom is 0.237 e. The summed E-state index contributed by atoms with van der Waals surface area (Å²) in [5.41, 5.74) is 0.743. The number of epoxide rings is 1. The zero-order chi connectivity index (χ0) is 21.3. The first-order valence-electron chi connectivity index (χ1n) is 10.2. The monoisotopic (exact) mass is 444 g/mol. The molecule has 30 heavy (non-hydrogen) atoms. The van der Waals surface area contributed by atoms with E-state index < -0.39 is 23.0 Å². The molecule has 5 atom stereocenters. The van der Waals surface area contributed by atoms with Crippen LogP contribution in [0.3, 0.4) is 0 Å². The molecule has 156 valence electrons. The van der Waals surface area contributed by atoms with Crippen LogP contribution in [-0.2, 0) is 19.7 Å². The number of hydrogen-bond donors (Lipinski definition) is 2. The second-order valence-electron chi connectivity index (χ2n) is 8.39. The van der Waals surface area contributed by atoms with E-state index in [4.69, 9.17) is 27.9 Å². The zero-order valence-corrected chi connectivity index (χ0v) is 18.2. The number of amides is 2. The minimum Gasteiger partial charge on any atom is -0.364 e. The van der Waals surface area contributed by atoms with Crippen molar-refractivity contribution in [1.29, 1.82) is 0 Å². The third kappa shape index (κ3) is 2.58. The molecule has 0 saturated carbocycles. The van der Waals surface area contributed by atoms with E-state index in [1.165, 1.54) is 0 Å². The number of rotatable bonds is 3. The third-order valence-electron chi connectivity index (χ3n) is 7.07. The number of benzene rings is 2. The van der Waals surface area contributed by atoms with Crippen molar-refractivity contribution in [3.8, 4) is 0 Å². The van der Waals surface area contributed by atoms with Crippen molar-refractivity contribution in [3.63, 3.8) is 0 Å². The highest BCUT2D eigenvalue weighted by Gasteiger charge is 2.71. The SMILES string of the molecule is CCC1([C@@H]2NC(=O)C[C@@H](c3cccc(Cl)c3)[C@]23C(=O)Nc2cc(Cl)ccc23)OC1C. The molecule has 5 rings (SSSR count). The second-order valence-corrected chi connectivity index (χ2v) is 9.27. The highest BCUT2D eigenvalue weighted by molar-refractivity contribution is 6.31. The molecule has 0 radical (unpaired) electrons. The van der Waals surface area contributed by atoms with Crippen molar-refractivity contribution in [1.82, 2.24) is 5.32 Å². The Morgan fingerprint density at radius 2 is 1.87 bits per heavy atom. The predicted molar refractivity (Wildman–Crippen MR) is 116 cm³/mol. The van der Waals surface area contributed by atoms with E-state index in [9.17, 15) is 9.59 Å². The Balaban J connectivity index is 1.79. The molecule has 5 nitrogen and oxygen atoms in total. The molecule has 2 fully saturated rings. The fourth-order valence-electron chi connectivity index (χ4n) is 5.63. The lowest BCUT2D eigenvalue weighted by Gasteiger charge is -2.48. The van der Waals surface area contributed by atoms with Gasteiger partial charge in [0, 0.05) is 28.1 Å². The predicted octanol–water partition coefficient (Wildman–Crippen LogP) is 4.42. The molecule has 7 heteroatoms. The van der Waals surface area contributed by atoms with Gasteiger partial charge < -0.3 is 15.4 Å². The Kier molecular flexibility index (Phi) is 4.44. The molecule has 3 heterocycles. The number of carbonyl (C=O) groups excluding carboxylic acids is 2. The number of ether oxygens (including phenoxy) is 1. The molecular formula is C23H22Cl2N2O3. The Morgan fingerprint density at radius 1 is 1.13 bits per heavy atom. The topological polar surface area (TPSA) is 70.7 Å². The van der Waals surface area contributed by atoms with Gasteiger partial charge in [-0.05, 0) is 48.7 Å². The number of anilines is 1. The molecular weight excluding hydrogens is 423 g/mol. The summed E-state index contributed by atoms with van der Waals surface area (Å²) in [6, 6.07) is 12.4. The van der Waals surface area contributed by atoms with Gasteiger partial charge in [0.15, 0.2) is 0 Å². The Hall–Kier alpha value is -2.08. The fraction of sp³-hybridized carbons (Fsp3) is 0.391. The molecule has 2 saturated heterocycles. The van der Waals surface area contributed by atoms with Gasteiger partial charge in [-0.2, -0.15) is 0 Å². The Bertz CT molecular complexity index is 1070. The zero-order valence-electron chi connectivity index (χ0n) is 16.7. The van der Waals surface area contributed by atoms with E-state index in [2.05, 4.69) is 10.6 Å². The van der Waals surface area contributed by atoms with Crippen molar-refractivity contribution in [3.05, 3.63) is 63.6 Å². The van der Waals surface area contributed by atoms with Gasteiger partial charge in [0.1, 0.15) is 11.0 Å². The van der Waals surface area contributed by atoms with Gasteiger partial charge in [0.2, 0.25) is 11.8 Å². The minimum absolute atomic E-state index is 0.0630. The van der Waals surface area contributed by atoms with Crippen molar-refractivity contribution >= 4 is 40.7 Å². The van der Waals surface area contributed by atoms with Crippen LogP contribution in [0, 0.1) is 0 Å². The molecule has 2 aromatic carbocycles. The lowest BCUT2D eigenvalue weighted by molar-refractivity contribution is -0.133. The van der Waals surface area contributed by atoms with E-state index in [0.29, 0.717) is 22.2 Å². The van der Waals surface area contributed by atoms with Crippen LogP contribution < -0.4 is 10.6 Å². The van der Waals surface area contributed by atoms with Crippen LogP contribution in [0.2, 0.25) is 10.0 Å². The lowest BCUT2D eigenvalue weighted by atomic mass is 9.57. The normalized spacial score (nSPS) is 34.5. The second kappa shape index (κ2) is 6.71. The molecule has 2 N–H and O–H groups in total. The van der Waals surface area contributed by atoms with Crippen molar-refractivity contribution in [2.24, 2.45) is 0 Å². The van der Waals surface area contributed by atoms with E-state index in [-0.39, 0.29) is 24.3 Å². The highest BCUT2D eigenvalue weighted by Crippen LogP contribution is 2.59. The maximum atomic E-state index is 13.8. The number of carbonyl (C=O) groups is 2. The van der Waals surface area contributed by atoms with Crippen LogP contribution in [0.1, 0.15) is 43.7 Å². The summed E-state index contributed by atoms with van der Waals surface area (Å²) in [5, 5.41) is 7.29. The van der Waals surface area contributed by atoms with E-state index in [0.717, 1.165) is 11.1 Å². The van der Waals surface area contributed by atoms with Gasteiger partial charge in [0.25, 0.3) is 0 Å².